The Kier molecular flexibility index (Phi) is 7.89. The number of carbonyl (C=O) groups is 1. The van der Waals surface area contributed by atoms with Crippen molar-refractivity contribution in [3.8, 4) is 0 Å². The molecule has 0 saturated heterocycles. The van der Waals surface area contributed by atoms with E-state index in [2.05, 4.69) is 16.9 Å². The predicted octanol–water partition coefficient (Wildman–Crippen LogP) is 2.18. The van der Waals surface area contributed by atoms with Gasteiger partial charge in [-0.05, 0) is 6.42 Å². The molecule has 0 aliphatic carbocycles. The predicted molar refractivity (Wildman–Crippen MR) is 74.6 cm³/mol. The molecule has 3 N–H and O–H groups in total. The second-order valence-electron chi connectivity index (χ2n) is 4.82. The van der Waals surface area contributed by atoms with E-state index in [0.29, 0.717) is 13.0 Å². The molecule has 0 aliphatic heterocycles. The molecule has 1 rings (SSSR count). The lowest BCUT2D eigenvalue weighted by molar-refractivity contribution is -0.145. The number of aromatic amines is 1. The molecule has 19 heavy (non-hydrogen) atoms. The van der Waals surface area contributed by atoms with Crippen LogP contribution in [0, 0.1) is 0 Å². The number of imidazole rings is 1. The smallest absolute Gasteiger partial charge is 0.323 e. The minimum absolute atomic E-state index is 0.330. The highest BCUT2D eigenvalue weighted by Gasteiger charge is 2.15. The quantitative estimate of drug-likeness (QED) is 0.503. The van der Waals surface area contributed by atoms with E-state index in [9.17, 15) is 4.79 Å². The molecular formula is C14H25N3O2. The average molecular weight is 267 g/mol. The van der Waals surface area contributed by atoms with Gasteiger partial charge in [0, 0.05) is 18.3 Å². The van der Waals surface area contributed by atoms with Crippen LogP contribution in [0.3, 0.4) is 0 Å². The van der Waals surface area contributed by atoms with Crippen LogP contribution in [-0.2, 0) is 16.0 Å². The molecule has 1 aromatic heterocycles. The number of H-pyrrole nitrogens is 1. The van der Waals surface area contributed by atoms with Gasteiger partial charge in [0.2, 0.25) is 0 Å². The van der Waals surface area contributed by atoms with Gasteiger partial charge in [0.1, 0.15) is 6.04 Å². The molecule has 108 valence electrons. The molecule has 1 aromatic rings. The molecule has 0 saturated carbocycles. The number of nitrogens with two attached hydrogens (primary N) is 1. The van der Waals surface area contributed by atoms with Crippen molar-refractivity contribution in [2.45, 2.75) is 57.9 Å². The number of nitrogens with zero attached hydrogens (tertiary/aromatic N) is 1. The maximum absolute atomic E-state index is 11.6. The summed E-state index contributed by atoms with van der Waals surface area (Å²) in [5.74, 6) is -0.330. The van der Waals surface area contributed by atoms with E-state index >= 15 is 0 Å². The lowest BCUT2D eigenvalue weighted by atomic mass is 10.1. The van der Waals surface area contributed by atoms with E-state index in [1.807, 2.05) is 0 Å². The molecule has 1 atom stereocenters. The van der Waals surface area contributed by atoms with Crippen LogP contribution in [0.15, 0.2) is 12.5 Å². The van der Waals surface area contributed by atoms with Crippen LogP contribution >= 0.6 is 0 Å². The summed E-state index contributed by atoms with van der Waals surface area (Å²) in [7, 11) is 0. The average Bonchev–Trinajstić information content (AvgIpc) is 2.90. The zero-order chi connectivity index (χ0) is 13.9. The van der Waals surface area contributed by atoms with Gasteiger partial charge in [0.15, 0.2) is 0 Å². The van der Waals surface area contributed by atoms with Crippen LogP contribution in [0.5, 0.6) is 0 Å². The molecule has 1 heterocycles. The van der Waals surface area contributed by atoms with E-state index in [1.165, 1.54) is 25.7 Å². The molecule has 0 unspecified atom stereocenters. The standard InChI is InChI=1S/C14H25N3O2/c1-2-3-4-5-6-7-8-19-14(18)13(15)9-12-10-16-11-17-12/h10-11,13H,2-9,15H2,1H3,(H,16,17)/t13-/m1/s1. The van der Waals surface area contributed by atoms with Gasteiger partial charge < -0.3 is 15.5 Å². The summed E-state index contributed by atoms with van der Waals surface area (Å²) in [6.45, 7) is 2.67. The van der Waals surface area contributed by atoms with E-state index in [0.717, 1.165) is 18.5 Å². The number of carbonyl (C=O) groups excluding carboxylic acids is 1. The summed E-state index contributed by atoms with van der Waals surface area (Å²) in [5.41, 5.74) is 6.62. The molecule has 0 aliphatic rings. The van der Waals surface area contributed by atoms with Crippen LogP contribution < -0.4 is 5.73 Å². The Morgan fingerprint density at radius 2 is 2.11 bits per heavy atom. The lowest BCUT2D eigenvalue weighted by Crippen LogP contribution is -2.34. The first-order valence-electron chi connectivity index (χ1n) is 7.13. The topological polar surface area (TPSA) is 81.0 Å². The zero-order valence-electron chi connectivity index (χ0n) is 11.7. The van der Waals surface area contributed by atoms with Gasteiger partial charge in [0.05, 0.1) is 12.9 Å². The zero-order valence-corrected chi connectivity index (χ0v) is 11.7. The molecule has 5 nitrogen and oxygen atoms in total. The van der Waals surface area contributed by atoms with Gasteiger partial charge in [-0.25, -0.2) is 4.98 Å². The van der Waals surface area contributed by atoms with Crippen molar-refractivity contribution in [2.24, 2.45) is 5.73 Å². The molecule has 0 aromatic carbocycles. The fourth-order valence-electron chi connectivity index (χ4n) is 1.88. The van der Waals surface area contributed by atoms with Crippen LogP contribution in [0.2, 0.25) is 0 Å². The SMILES string of the molecule is CCCCCCCCOC(=O)[C@H](N)Cc1cnc[nH]1. The summed E-state index contributed by atoms with van der Waals surface area (Å²) in [5, 5.41) is 0. The number of nitrogens with one attached hydrogen (secondary N) is 1. The molecular weight excluding hydrogens is 242 g/mol. The Morgan fingerprint density at radius 1 is 1.37 bits per heavy atom. The van der Waals surface area contributed by atoms with Gasteiger partial charge in [-0.15, -0.1) is 0 Å². The normalized spacial score (nSPS) is 12.3. The molecule has 0 radical (unpaired) electrons. The third-order valence-corrected chi connectivity index (χ3v) is 3.04. The monoisotopic (exact) mass is 267 g/mol. The van der Waals surface area contributed by atoms with Gasteiger partial charge in [0.25, 0.3) is 0 Å². The second kappa shape index (κ2) is 9.55. The van der Waals surface area contributed by atoms with Gasteiger partial charge in [-0.2, -0.15) is 0 Å². The minimum Gasteiger partial charge on any atom is -0.465 e. The van der Waals surface area contributed by atoms with Crippen molar-refractivity contribution in [3.05, 3.63) is 18.2 Å². The van der Waals surface area contributed by atoms with Crippen molar-refractivity contribution in [2.75, 3.05) is 6.61 Å². The van der Waals surface area contributed by atoms with E-state index in [-0.39, 0.29) is 5.97 Å². The third kappa shape index (κ3) is 6.96. The Morgan fingerprint density at radius 3 is 2.79 bits per heavy atom. The molecule has 5 heteroatoms. The molecule has 0 bridgehead atoms. The van der Waals surface area contributed by atoms with Crippen LogP contribution in [-0.4, -0.2) is 28.6 Å². The highest BCUT2D eigenvalue weighted by Crippen LogP contribution is 2.05. The highest BCUT2D eigenvalue weighted by atomic mass is 16.5. The van der Waals surface area contributed by atoms with Gasteiger partial charge in [-0.1, -0.05) is 39.0 Å². The second-order valence-corrected chi connectivity index (χ2v) is 4.82. The number of unbranched alkanes of at least 4 members (excludes halogenated alkanes) is 5. The Balaban J connectivity index is 2.03. The number of ether oxygens (including phenoxy) is 1. The Hall–Kier alpha value is -1.36. The van der Waals surface area contributed by atoms with Crippen molar-refractivity contribution in [1.29, 1.82) is 0 Å². The van der Waals surface area contributed by atoms with Crippen molar-refractivity contribution < 1.29 is 9.53 Å². The molecule has 0 fully saturated rings. The number of hydrogen-bond donors (Lipinski definition) is 2. The molecule has 0 spiro atoms. The summed E-state index contributed by atoms with van der Waals surface area (Å²) in [4.78, 5) is 18.4. The first kappa shape index (κ1) is 15.7. The molecule has 0 amide bonds. The fourth-order valence-corrected chi connectivity index (χ4v) is 1.88. The summed E-state index contributed by atoms with van der Waals surface area (Å²) >= 11 is 0. The van der Waals surface area contributed by atoms with Crippen molar-refractivity contribution in [3.63, 3.8) is 0 Å². The number of aromatic nitrogens is 2. The van der Waals surface area contributed by atoms with Gasteiger partial charge >= 0.3 is 5.97 Å². The lowest BCUT2D eigenvalue weighted by Gasteiger charge is -2.10. The largest absolute Gasteiger partial charge is 0.465 e. The summed E-state index contributed by atoms with van der Waals surface area (Å²) < 4.78 is 5.16. The van der Waals surface area contributed by atoms with E-state index in [1.54, 1.807) is 12.5 Å². The Bertz CT molecular complexity index is 338. The van der Waals surface area contributed by atoms with Crippen molar-refractivity contribution >= 4 is 5.97 Å². The van der Waals surface area contributed by atoms with Crippen LogP contribution in [0.25, 0.3) is 0 Å². The number of hydrogen-bond acceptors (Lipinski definition) is 4. The fraction of sp³-hybridized carbons (Fsp3) is 0.714. The summed E-state index contributed by atoms with van der Waals surface area (Å²) in [6.07, 6.45) is 10.7. The van der Waals surface area contributed by atoms with Gasteiger partial charge in [-0.3, -0.25) is 4.79 Å². The maximum Gasteiger partial charge on any atom is 0.323 e. The van der Waals surface area contributed by atoms with Crippen LogP contribution in [0.4, 0.5) is 0 Å². The number of rotatable bonds is 10. The van der Waals surface area contributed by atoms with Crippen LogP contribution in [0.1, 0.15) is 51.1 Å². The van der Waals surface area contributed by atoms with E-state index < -0.39 is 6.04 Å². The van der Waals surface area contributed by atoms with E-state index in [4.69, 9.17) is 10.5 Å². The minimum atomic E-state index is -0.611. The Labute approximate surface area is 114 Å². The number of esters is 1. The summed E-state index contributed by atoms with van der Waals surface area (Å²) in [6, 6.07) is -0.611. The highest BCUT2D eigenvalue weighted by molar-refractivity contribution is 5.75. The first-order chi connectivity index (χ1) is 9.24. The first-order valence-corrected chi connectivity index (χ1v) is 7.13. The third-order valence-electron chi connectivity index (χ3n) is 3.04. The van der Waals surface area contributed by atoms with Crippen molar-refractivity contribution in [1.82, 2.24) is 9.97 Å². The maximum atomic E-state index is 11.6.